The first kappa shape index (κ1) is 15.4. The van der Waals surface area contributed by atoms with E-state index in [0.717, 1.165) is 5.56 Å². The summed E-state index contributed by atoms with van der Waals surface area (Å²) in [6.45, 7) is 1.77. The number of sulfonamides is 1. The van der Waals surface area contributed by atoms with Gasteiger partial charge in [-0.25, -0.2) is 8.42 Å². The number of nitrogens with zero attached hydrogens (tertiary/aromatic N) is 1. The molecular weight excluding hydrogens is 316 g/mol. The molecule has 7 heteroatoms. The summed E-state index contributed by atoms with van der Waals surface area (Å²) in [4.78, 5) is 13.3. The molecule has 6 nitrogen and oxygen atoms in total. The van der Waals surface area contributed by atoms with E-state index in [1.165, 1.54) is 4.90 Å². The Hall–Kier alpha value is -2.54. The number of carbonyl (C=O) groups is 1. The Kier molecular flexibility index (Phi) is 3.73. The number of nitrogens with one attached hydrogen (secondary N) is 1. The molecule has 2 aromatic carbocycles. The molecule has 3 rings (SSSR count). The van der Waals surface area contributed by atoms with Crippen LogP contribution in [0.1, 0.15) is 5.56 Å². The van der Waals surface area contributed by atoms with E-state index >= 15 is 0 Å². The molecule has 0 aliphatic carbocycles. The summed E-state index contributed by atoms with van der Waals surface area (Å²) < 4.78 is 32.9. The van der Waals surface area contributed by atoms with Crippen LogP contribution in [0.25, 0.3) is 0 Å². The van der Waals surface area contributed by atoms with Gasteiger partial charge in [-0.15, -0.1) is 0 Å². The van der Waals surface area contributed by atoms with Crippen LogP contribution >= 0.6 is 0 Å². The molecule has 0 spiro atoms. The van der Waals surface area contributed by atoms with Crippen LogP contribution in [0.4, 0.5) is 11.4 Å². The number of anilines is 2. The first-order chi connectivity index (χ1) is 10.9. The highest BCUT2D eigenvalue weighted by molar-refractivity contribution is 7.92. The van der Waals surface area contributed by atoms with Crippen molar-refractivity contribution in [1.29, 1.82) is 0 Å². The minimum Gasteiger partial charge on any atom is -0.479 e. The molecule has 0 radical (unpaired) electrons. The lowest BCUT2D eigenvalue weighted by atomic mass is 10.2. The number of carbonyl (C=O) groups excluding carboxylic acids is 1. The molecule has 0 fully saturated rings. The van der Waals surface area contributed by atoms with Crippen LogP contribution in [0.3, 0.4) is 0 Å². The molecule has 1 amide bonds. The van der Waals surface area contributed by atoms with Crippen molar-refractivity contribution in [2.24, 2.45) is 0 Å². The number of amides is 1. The van der Waals surface area contributed by atoms with Crippen LogP contribution in [-0.2, 0) is 14.8 Å². The summed E-state index contributed by atoms with van der Waals surface area (Å²) >= 11 is 0. The molecule has 120 valence electrons. The van der Waals surface area contributed by atoms with Crippen molar-refractivity contribution >= 4 is 27.3 Å². The fourth-order valence-electron chi connectivity index (χ4n) is 2.31. The lowest BCUT2D eigenvalue weighted by molar-refractivity contribution is -0.120. The van der Waals surface area contributed by atoms with E-state index in [-0.39, 0.29) is 17.4 Å². The van der Waals surface area contributed by atoms with Crippen LogP contribution in [0, 0.1) is 6.92 Å². The molecule has 1 heterocycles. The van der Waals surface area contributed by atoms with E-state index in [2.05, 4.69) is 4.72 Å². The van der Waals surface area contributed by atoms with Gasteiger partial charge < -0.3 is 9.64 Å². The molecule has 0 aromatic heterocycles. The second-order valence-electron chi connectivity index (χ2n) is 5.31. The highest BCUT2D eigenvalue weighted by Gasteiger charge is 2.26. The highest BCUT2D eigenvalue weighted by atomic mass is 32.2. The van der Waals surface area contributed by atoms with E-state index in [1.807, 2.05) is 6.92 Å². The summed E-state index contributed by atoms with van der Waals surface area (Å²) in [5.41, 5.74) is 1.82. The Bertz CT molecular complexity index is 860. The molecular formula is C16H16N2O4S. The van der Waals surface area contributed by atoms with Gasteiger partial charge in [-0.2, -0.15) is 0 Å². The summed E-state index contributed by atoms with van der Waals surface area (Å²) in [7, 11) is -2.10. The molecule has 1 aliphatic heterocycles. The quantitative estimate of drug-likeness (QED) is 0.934. The lowest BCUT2D eigenvalue weighted by Gasteiger charge is -2.27. The number of hydrogen-bond donors (Lipinski definition) is 1. The number of para-hydroxylation sites is 1. The van der Waals surface area contributed by atoms with Gasteiger partial charge in [-0.3, -0.25) is 9.52 Å². The smallest absolute Gasteiger partial charge is 0.264 e. The summed E-state index contributed by atoms with van der Waals surface area (Å²) in [6.07, 6.45) is 0. The normalized spacial score (nSPS) is 14.2. The number of fused-ring (bicyclic) bond motifs is 1. The SMILES string of the molecule is Cc1ccc(S(=O)(=O)Nc2cccc3c2OCC(=O)N3C)cc1. The second kappa shape index (κ2) is 5.58. The van der Waals surface area contributed by atoms with Crippen LogP contribution in [-0.4, -0.2) is 28.0 Å². The topological polar surface area (TPSA) is 75.7 Å². The molecule has 0 saturated carbocycles. The van der Waals surface area contributed by atoms with Gasteiger partial charge in [0.1, 0.15) is 0 Å². The van der Waals surface area contributed by atoms with Gasteiger partial charge in [0.25, 0.3) is 15.9 Å². The van der Waals surface area contributed by atoms with Gasteiger partial charge in [-0.1, -0.05) is 23.8 Å². The van der Waals surface area contributed by atoms with Gasteiger partial charge in [0, 0.05) is 7.05 Å². The van der Waals surface area contributed by atoms with Crippen molar-refractivity contribution in [2.45, 2.75) is 11.8 Å². The Morgan fingerprint density at radius 1 is 1.13 bits per heavy atom. The fraction of sp³-hybridized carbons (Fsp3) is 0.188. The molecule has 1 N–H and O–H groups in total. The standard InChI is InChI=1S/C16H16N2O4S/c1-11-6-8-12(9-7-11)23(20,21)17-13-4-3-5-14-16(13)22-10-15(19)18(14)2/h3-9,17H,10H2,1-2H3. The van der Waals surface area contributed by atoms with E-state index < -0.39 is 10.0 Å². The zero-order valence-corrected chi connectivity index (χ0v) is 13.6. The third kappa shape index (κ3) is 2.87. The van der Waals surface area contributed by atoms with Gasteiger partial charge in [0.15, 0.2) is 12.4 Å². The molecule has 1 aliphatic rings. The van der Waals surface area contributed by atoms with Crippen molar-refractivity contribution in [3.63, 3.8) is 0 Å². The Labute approximate surface area is 134 Å². The molecule has 2 aromatic rings. The van der Waals surface area contributed by atoms with Crippen LogP contribution in [0.15, 0.2) is 47.4 Å². The zero-order chi connectivity index (χ0) is 16.6. The van der Waals surface area contributed by atoms with Crippen molar-refractivity contribution in [1.82, 2.24) is 0 Å². The number of benzene rings is 2. The molecule has 0 atom stereocenters. The number of ether oxygens (including phenoxy) is 1. The van der Waals surface area contributed by atoms with Crippen molar-refractivity contribution in [3.8, 4) is 5.75 Å². The molecule has 0 saturated heterocycles. The van der Waals surface area contributed by atoms with Crippen molar-refractivity contribution in [3.05, 3.63) is 48.0 Å². The maximum absolute atomic E-state index is 12.5. The summed E-state index contributed by atoms with van der Waals surface area (Å²) in [5, 5.41) is 0. The number of likely N-dealkylation sites (N-methyl/N-ethyl adjacent to an activating group) is 1. The Morgan fingerprint density at radius 2 is 1.83 bits per heavy atom. The molecule has 0 unspecified atom stereocenters. The molecule has 0 bridgehead atoms. The number of aryl methyl sites for hydroxylation is 1. The predicted molar refractivity (Wildman–Crippen MR) is 87.3 cm³/mol. The van der Waals surface area contributed by atoms with Crippen molar-refractivity contribution < 1.29 is 17.9 Å². The van der Waals surface area contributed by atoms with Crippen LogP contribution in [0.2, 0.25) is 0 Å². The average molecular weight is 332 g/mol. The van der Waals surface area contributed by atoms with Gasteiger partial charge in [-0.05, 0) is 31.2 Å². The van der Waals surface area contributed by atoms with E-state index in [1.54, 1.807) is 49.5 Å². The predicted octanol–water partition coefficient (Wildman–Crippen LogP) is 2.15. The first-order valence-corrected chi connectivity index (χ1v) is 8.49. The third-order valence-corrected chi connectivity index (χ3v) is 5.03. The third-order valence-electron chi connectivity index (χ3n) is 3.65. The maximum Gasteiger partial charge on any atom is 0.264 e. The fourth-order valence-corrected chi connectivity index (χ4v) is 3.37. The Morgan fingerprint density at radius 3 is 2.52 bits per heavy atom. The van der Waals surface area contributed by atoms with Crippen molar-refractivity contribution in [2.75, 3.05) is 23.3 Å². The maximum atomic E-state index is 12.5. The average Bonchev–Trinajstić information content (AvgIpc) is 2.51. The minimum absolute atomic E-state index is 0.118. The highest BCUT2D eigenvalue weighted by Crippen LogP contribution is 2.38. The monoisotopic (exact) mass is 332 g/mol. The lowest BCUT2D eigenvalue weighted by Crippen LogP contribution is -2.35. The Balaban J connectivity index is 1.98. The van der Waals surface area contributed by atoms with Crippen LogP contribution in [0.5, 0.6) is 5.75 Å². The van der Waals surface area contributed by atoms with Crippen LogP contribution < -0.4 is 14.4 Å². The van der Waals surface area contributed by atoms with E-state index in [9.17, 15) is 13.2 Å². The van der Waals surface area contributed by atoms with Gasteiger partial charge >= 0.3 is 0 Å². The number of rotatable bonds is 3. The van der Waals surface area contributed by atoms with E-state index in [4.69, 9.17) is 4.74 Å². The van der Waals surface area contributed by atoms with E-state index in [0.29, 0.717) is 17.1 Å². The van der Waals surface area contributed by atoms with Gasteiger partial charge in [0.05, 0.1) is 16.3 Å². The summed E-state index contributed by atoms with van der Waals surface area (Å²) in [5.74, 6) is 0.168. The summed E-state index contributed by atoms with van der Waals surface area (Å²) in [6, 6.07) is 11.5. The number of hydrogen-bond acceptors (Lipinski definition) is 4. The van der Waals surface area contributed by atoms with Gasteiger partial charge in [0.2, 0.25) is 0 Å². The minimum atomic E-state index is -3.73. The second-order valence-corrected chi connectivity index (χ2v) is 7.00. The first-order valence-electron chi connectivity index (χ1n) is 7.00. The molecule has 23 heavy (non-hydrogen) atoms. The zero-order valence-electron chi connectivity index (χ0n) is 12.7. The largest absolute Gasteiger partial charge is 0.479 e.